The van der Waals surface area contributed by atoms with Crippen LogP contribution in [0.15, 0.2) is 54.6 Å². The molecule has 2 aromatic rings. The van der Waals surface area contributed by atoms with Crippen LogP contribution in [0, 0.1) is 5.92 Å². The summed E-state index contributed by atoms with van der Waals surface area (Å²) >= 11 is 0. The van der Waals surface area contributed by atoms with Gasteiger partial charge in [0.1, 0.15) is 0 Å². The molecule has 2 aromatic carbocycles. The van der Waals surface area contributed by atoms with Crippen molar-refractivity contribution < 1.29 is 14.3 Å². The average Bonchev–Trinajstić information content (AvgIpc) is 2.89. The molecule has 1 atom stereocenters. The van der Waals surface area contributed by atoms with Gasteiger partial charge in [-0.25, -0.2) is 0 Å². The molecule has 1 amide bonds. The van der Waals surface area contributed by atoms with E-state index in [4.69, 9.17) is 4.74 Å². The van der Waals surface area contributed by atoms with Crippen molar-refractivity contribution in [3.05, 3.63) is 65.7 Å². The Morgan fingerprint density at radius 1 is 0.941 bits per heavy atom. The Kier molecular flexibility index (Phi) is 8.22. The van der Waals surface area contributed by atoms with Crippen molar-refractivity contribution in [2.24, 2.45) is 5.92 Å². The van der Waals surface area contributed by atoms with Gasteiger partial charge in [-0.2, -0.15) is 0 Å². The Morgan fingerprint density at radius 2 is 1.59 bits per heavy atom. The normalized spacial score (nSPS) is 18.9. The Morgan fingerprint density at radius 3 is 2.21 bits per heavy atom. The molecule has 0 radical (unpaired) electrons. The first-order valence-corrected chi connectivity index (χ1v) is 12.7. The van der Waals surface area contributed by atoms with Gasteiger partial charge >= 0.3 is 5.97 Å². The molecule has 1 N–H and O–H groups in total. The third-order valence-corrected chi connectivity index (χ3v) is 7.27. The summed E-state index contributed by atoms with van der Waals surface area (Å²) in [7, 11) is 0. The van der Waals surface area contributed by atoms with E-state index < -0.39 is 0 Å². The van der Waals surface area contributed by atoms with Crippen molar-refractivity contribution in [2.75, 3.05) is 37.7 Å². The van der Waals surface area contributed by atoms with Crippen molar-refractivity contribution >= 4 is 17.6 Å². The van der Waals surface area contributed by atoms with Crippen molar-refractivity contribution in [3.8, 4) is 0 Å². The van der Waals surface area contributed by atoms with Crippen LogP contribution in [0.3, 0.4) is 0 Å². The Balaban J connectivity index is 1.24. The Labute approximate surface area is 203 Å². The summed E-state index contributed by atoms with van der Waals surface area (Å²) in [6.45, 7) is 8.34. The highest BCUT2D eigenvalue weighted by Crippen LogP contribution is 2.27. The number of carbonyl (C=O) groups excluding carboxylic acids is 2. The molecule has 0 spiro atoms. The lowest BCUT2D eigenvalue weighted by Gasteiger charge is -2.42. The number of nitrogens with zero attached hydrogens (tertiary/aromatic N) is 2. The molecular weight excluding hydrogens is 426 g/mol. The number of ether oxygens (including phenoxy) is 1. The first-order valence-electron chi connectivity index (χ1n) is 12.7. The number of rotatable bonds is 7. The lowest BCUT2D eigenvalue weighted by Crippen LogP contribution is -2.48. The summed E-state index contributed by atoms with van der Waals surface area (Å²) in [5.74, 6) is -0.000799. The zero-order chi connectivity index (χ0) is 23.9. The van der Waals surface area contributed by atoms with Gasteiger partial charge in [0.2, 0.25) is 0 Å². The highest BCUT2D eigenvalue weighted by molar-refractivity contribution is 5.94. The number of piperidine rings is 2. The molecule has 4 rings (SSSR count). The fourth-order valence-electron chi connectivity index (χ4n) is 5.18. The zero-order valence-electron chi connectivity index (χ0n) is 20.4. The minimum absolute atomic E-state index is 0.0244. The van der Waals surface area contributed by atoms with E-state index in [1.54, 1.807) is 0 Å². The van der Waals surface area contributed by atoms with E-state index in [-0.39, 0.29) is 23.8 Å². The van der Waals surface area contributed by atoms with Crippen LogP contribution in [0.2, 0.25) is 0 Å². The molecule has 6 heteroatoms. The topological polar surface area (TPSA) is 61.9 Å². The number of anilines is 1. The van der Waals surface area contributed by atoms with Crippen molar-refractivity contribution in [1.82, 2.24) is 10.2 Å². The quantitative estimate of drug-likeness (QED) is 0.616. The third kappa shape index (κ3) is 5.98. The predicted molar refractivity (Wildman–Crippen MR) is 135 cm³/mol. The highest BCUT2D eigenvalue weighted by atomic mass is 16.5. The smallest absolute Gasteiger partial charge is 0.309 e. The van der Waals surface area contributed by atoms with Gasteiger partial charge in [-0.1, -0.05) is 30.3 Å². The molecule has 0 unspecified atom stereocenters. The van der Waals surface area contributed by atoms with Gasteiger partial charge in [-0.05, 0) is 82.4 Å². The number of hydrogen-bond acceptors (Lipinski definition) is 5. The lowest BCUT2D eigenvalue weighted by atomic mass is 9.93. The second-order valence-corrected chi connectivity index (χ2v) is 9.43. The van der Waals surface area contributed by atoms with Crippen LogP contribution >= 0.6 is 0 Å². The largest absolute Gasteiger partial charge is 0.466 e. The van der Waals surface area contributed by atoms with Gasteiger partial charge < -0.3 is 19.9 Å². The van der Waals surface area contributed by atoms with Crippen LogP contribution in [-0.4, -0.2) is 55.6 Å². The molecule has 0 aromatic heterocycles. The SMILES string of the molecule is CCOC(=O)C1CCN(C2CCN(c3ccc(C(=O)N[C@H](C)c4ccccc4)cc3)CC2)CC1. The Bertz CT molecular complexity index is 931. The molecule has 34 heavy (non-hydrogen) atoms. The van der Waals surface area contributed by atoms with Crippen LogP contribution in [0.25, 0.3) is 0 Å². The molecule has 2 aliphatic rings. The van der Waals surface area contributed by atoms with Gasteiger partial charge in [-0.3, -0.25) is 9.59 Å². The number of nitrogens with one attached hydrogen (secondary N) is 1. The average molecular weight is 464 g/mol. The zero-order valence-corrected chi connectivity index (χ0v) is 20.4. The summed E-state index contributed by atoms with van der Waals surface area (Å²) < 4.78 is 5.20. The second-order valence-electron chi connectivity index (χ2n) is 9.43. The summed E-state index contributed by atoms with van der Waals surface area (Å²) in [4.78, 5) is 29.6. The molecule has 182 valence electrons. The summed E-state index contributed by atoms with van der Waals surface area (Å²) in [5.41, 5.74) is 2.96. The van der Waals surface area contributed by atoms with Crippen LogP contribution in [0.1, 0.15) is 61.5 Å². The maximum absolute atomic E-state index is 12.7. The summed E-state index contributed by atoms with van der Waals surface area (Å²) in [5, 5.41) is 3.08. The van der Waals surface area contributed by atoms with Crippen LogP contribution in [-0.2, 0) is 9.53 Å². The van der Waals surface area contributed by atoms with Gasteiger partial charge in [-0.15, -0.1) is 0 Å². The maximum Gasteiger partial charge on any atom is 0.309 e. The van der Waals surface area contributed by atoms with E-state index in [1.165, 1.54) is 5.69 Å². The van der Waals surface area contributed by atoms with Gasteiger partial charge in [0.05, 0.1) is 18.6 Å². The number of hydrogen-bond donors (Lipinski definition) is 1. The van der Waals surface area contributed by atoms with Gasteiger partial charge in [0.25, 0.3) is 5.91 Å². The number of benzene rings is 2. The van der Waals surface area contributed by atoms with Crippen molar-refractivity contribution in [1.29, 1.82) is 0 Å². The molecule has 2 fully saturated rings. The molecule has 0 bridgehead atoms. The third-order valence-electron chi connectivity index (χ3n) is 7.27. The number of amides is 1. The minimum atomic E-state index is -0.0483. The van der Waals surface area contributed by atoms with E-state index in [9.17, 15) is 9.59 Å². The molecule has 6 nitrogen and oxygen atoms in total. The number of carbonyl (C=O) groups is 2. The van der Waals surface area contributed by atoms with Crippen LogP contribution < -0.4 is 10.2 Å². The second kappa shape index (κ2) is 11.5. The lowest BCUT2D eigenvalue weighted by molar-refractivity contribution is -0.149. The minimum Gasteiger partial charge on any atom is -0.466 e. The van der Waals surface area contributed by atoms with E-state index in [0.717, 1.165) is 57.4 Å². The molecule has 0 aliphatic carbocycles. The molecule has 0 saturated carbocycles. The molecule has 2 aliphatic heterocycles. The molecule has 2 saturated heterocycles. The van der Waals surface area contributed by atoms with E-state index in [1.807, 2.05) is 56.3 Å². The maximum atomic E-state index is 12.7. The molecule has 2 heterocycles. The standard InChI is InChI=1S/C28H37N3O3/c1-3-34-28(33)24-13-17-30(18-14-24)26-15-19-31(20-16-26)25-11-9-23(10-12-25)27(32)29-21(2)22-7-5-4-6-8-22/h4-12,21,24,26H,3,13-20H2,1-2H3,(H,29,32)/t21-/m1/s1. The van der Waals surface area contributed by atoms with Gasteiger partial charge in [0.15, 0.2) is 0 Å². The van der Waals surface area contributed by atoms with E-state index >= 15 is 0 Å². The van der Waals surface area contributed by atoms with Crippen LogP contribution in [0.4, 0.5) is 5.69 Å². The summed E-state index contributed by atoms with van der Waals surface area (Å²) in [6.07, 6.45) is 4.07. The molecular formula is C28H37N3O3. The fraction of sp³-hybridized carbons (Fsp3) is 0.500. The van der Waals surface area contributed by atoms with E-state index in [0.29, 0.717) is 18.2 Å². The van der Waals surface area contributed by atoms with Crippen molar-refractivity contribution in [2.45, 2.75) is 51.6 Å². The highest BCUT2D eigenvalue weighted by Gasteiger charge is 2.31. The predicted octanol–water partition coefficient (Wildman–Crippen LogP) is 4.42. The monoisotopic (exact) mass is 463 g/mol. The van der Waals surface area contributed by atoms with Crippen molar-refractivity contribution in [3.63, 3.8) is 0 Å². The number of likely N-dealkylation sites (tertiary alicyclic amines) is 1. The first kappa shape index (κ1) is 24.3. The Hall–Kier alpha value is -2.86. The van der Waals surface area contributed by atoms with Gasteiger partial charge in [0, 0.05) is 30.4 Å². The van der Waals surface area contributed by atoms with E-state index in [2.05, 4.69) is 27.2 Å². The first-order chi connectivity index (χ1) is 16.5. The number of esters is 1. The fourth-order valence-corrected chi connectivity index (χ4v) is 5.18. The van der Waals surface area contributed by atoms with Crippen LogP contribution in [0.5, 0.6) is 0 Å². The summed E-state index contributed by atoms with van der Waals surface area (Å²) in [6, 6.07) is 18.5.